The zero-order valence-corrected chi connectivity index (χ0v) is 6.18. The summed E-state index contributed by atoms with van der Waals surface area (Å²) >= 11 is 0. The minimum absolute atomic E-state index is 0. The predicted molar refractivity (Wildman–Crippen MR) is 40.3 cm³/mol. The van der Waals surface area contributed by atoms with E-state index in [1.165, 1.54) is 12.1 Å². The summed E-state index contributed by atoms with van der Waals surface area (Å²) in [4.78, 5) is 9.23. The molecule has 0 heterocycles. The van der Waals surface area contributed by atoms with Crippen LogP contribution >= 0.6 is 12.4 Å². The molecule has 0 aliphatic carbocycles. The molecule has 0 aromatic heterocycles. The van der Waals surface area contributed by atoms with E-state index in [0.29, 0.717) is 0 Å². The molecule has 1 aromatic carbocycles. The van der Waals surface area contributed by atoms with Crippen LogP contribution in [0.4, 0.5) is 10.1 Å². The number of nitro benzene ring substituents is 1. The van der Waals surface area contributed by atoms with Gasteiger partial charge in [0.05, 0.1) is 4.92 Å². The second-order valence-corrected chi connectivity index (χ2v) is 1.71. The normalized spacial score (nSPS) is 8.45. The van der Waals surface area contributed by atoms with Crippen LogP contribution in [-0.4, -0.2) is 4.92 Å². The summed E-state index contributed by atoms with van der Waals surface area (Å²) in [5, 5.41) is 9.99. The molecule has 0 unspecified atom stereocenters. The fourth-order valence-electron chi connectivity index (χ4n) is 0.600. The van der Waals surface area contributed by atoms with Crippen LogP contribution < -0.4 is 0 Å². The van der Waals surface area contributed by atoms with E-state index in [1.54, 1.807) is 0 Å². The molecular formula is C6H5ClFNO2. The zero-order chi connectivity index (χ0) is 7.56. The number of nitro groups is 1. The maximum atomic E-state index is 12.4. The molecule has 1 rings (SSSR count). The average molecular weight is 178 g/mol. The van der Waals surface area contributed by atoms with Gasteiger partial charge in [-0.3, -0.25) is 10.1 Å². The fraction of sp³-hybridized carbons (Fsp3) is 0. The SMILES string of the molecule is Cl.O=[N+]([O-])c1ccccc1F. The molecule has 60 valence electrons. The van der Waals surface area contributed by atoms with Crippen molar-refractivity contribution in [3.63, 3.8) is 0 Å². The van der Waals surface area contributed by atoms with E-state index in [2.05, 4.69) is 0 Å². The molecule has 0 N–H and O–H groups in total. The summed E-state index contributed by atoms with van der Waals surface area (Å²) in [5.74, 6) is -0.799. The number of hydrogen-bond acceptors (Lipinski definition) is 2. The van der Waals surface area contributed by atoms with Gasteiger partial charge in [-0.15, -0.1) is 12.4 Å². The molecule has 0 radical (unpaired) electrons. The monoisotopic (exact) mass is 177 g/mol. The molecule has 1 aromatic rings. The van der Waals surface area contributed by atoms with Gasteiger partial charge < -0.3 is 0 Å². The molecule has 0 aliphatic rings. The van der Waals surface area contributed by atoms with Gasteiger partial charge in [0.25, 0.3) is 0 Å². The first kappa shape index (κ1) is 9.84. The van der Waals surface area contributed by atoms with Crippen molar-refractivity contribution in [1.29, 1.82) is 0 Å². The van der Waals surface area contributed by atoms with E-state index in [1.807, 2.05) is 0 Å². The average Bonchev–Trinajstić information content (AvgIpc) is 1.88. The summed E-state index contributed by atoms with van der Waals surface area (Å²) < 4.78 is 12.4. The smallest absolute Gasteiger partial charge is 0.258 e. The Hall–Kier alpha value is -1.16. The summed E-state index contributed by atoms with van der Waals surface area (Å²) in [6.07, 6.45) is 0. The van der Waals surface area contributed by atoms with Crippen molar-refractivity contribution in [2.45, 2.75) is 0 Å². The molecule has 3 nitrogen and oxygen atoms in total. The summed E-state index contributed by atoms with van der Waals surface area (Å²) in [6, 6.07) is 5.00. The second-order valence-electron chi connectivity index (χ2n) is 1.71. The highest BCUT2D eigenvalue weighted by Gasteiger charge is 2.09. The van der Waals surface area contributed by atoms with Gasteiger partial charge in [-0.05, 0) is 6.07 Å². The van der Waals surface area contributed by atoms with Gasteiger partial charge in [0.2, 0.25) is 5.82 Å². The Morgan fingerprint density at radius 3 is 2.27 bits per heavy atom. The Kier molecular flexibility index (Phi) is 3.47. The molecule has 5 heteroatoms. The molecule has 11 heavy (non-hydrogen) atoms. The molecule has 0 aliphatic heterocycles. The number of hydrogen-bond donors (Lipinski definition) is 0. The van der Waals surface area contributed by atoms with Crippen molar-refractivity contribution < 1.29 is 9.31 Å². The lowest BCUT2D eigenvalue weighted by Crippen LogP contribution is -1.90. The topological polar surface area (TPSA) is 43.1 Å². The Balaban J connectivity index is 0.000001000. The summed E-state index contributed by atoms with van der Waals surface area (Å²) in [6.45, 7) is 0. The van der Waals surface area contributed by atoms with E-state index in [9.17, 15) is 14.5 Å². The Morgan fingerprint density at radius 1 is 1.36 bits per heavy atom. The van der Waals surface area contributed by atoms with Crippen LogP contribution in [0.25, 0.3) is 0 Å². The Morgan fingerprint density at radius 2 is 1.91 bits per heavy atom. The van der Waals surface area contributed by atoms with Gasteiger partial charge in [0.15, 0.2) is 0 Å². The largest absolute Gasteiger partial charge is 0.304 e. The lowest BCUT2D eigenvalue weighted by molar-refractivity contribution is -0.387. The van der Waals surface area contributed by atoms with Crippen molar-refractivity contribution in [1.82, 2.24) is 0 Å². The minimum Gasteiger partial charge on any atom is -0.258 e. The van der Waals surface area contributed by atoms with E-state index in [-0.39, 0.29) is 12.4 Å². The number of para-hydroxylation sites is 1. The maximum absolute atomic E-state index is 12.4. The fourth-order valence-corrected chi connectivity index (χ4v) is 0.600. The maximum Gasteiger partial charge on any atom is 0.304 e. The molecule has 0 bridgehead atoms. The van der Waals surface area contributed by atoms with Crippen LogP contribution in [0.2, 0.25) is 0 Å². The highest BCUT2D eigenvalue weighted by molar-refractivity contribution is 5.85. The first-order chi connectivity index (χ1) is 4.72. The van der Waals surface area contributed by atoms with Crippen LogP contribution in [-0.2, 0) is 0 Å². The third-order valence-electron chi connectivity index (χ3n) is 1.05. The van der Waals surface area contributed by atoms with Gasteiger partial charge in [-0.2, -0.15) is 4.39 Å². The molecule has 0 fully saturated rings. The van der Waals surface area contributed by atoms with Gasteiger partial charge >= 0.3 is 5.69 Å². The lowest BCUT2D eigenvalue weighted by atomic mass is 10.3. The van der Waals surface area contributed by atoms with Crippen LogP contribution in [0.1, 0.15) is 0 Å². The van der Waals surface area contributed by atoms with Crippen LogP contribution in [0.15, 0.2) is 24.3 Å². The molecule has 0 saturated heterocycles. The lowest BCUT2D eigenvalue weighted by Gasteiger charge is -1.89. The molecule has 0 saturated carbocycles. The minimum atomic E-state index is -0.799. The van der Waals surface area contributed by atoms with Crippen LogP contribution in [0, 0.1) is 15.9 Å². The number of rotatable bonds is 1. The highest BCUT2D eigenvalue weighted by atomic mass is 35.5. The number of halogens is 2. The number of nitrogens with zero attached hydrogens (tertiary/aromatic N) is 1. The molecular weight excluding hydrogens is 173 g/mol. The van der Waals surface area contributed by atoms with E-state index in [4.69, 9.17) is 0 Å². The standard InChI is InChI=1S/C6H4FNO2.ClH/c7-5-3-1-2-4-6(5)8(9)10;/h1-4H;1H. The first-order valence-corrected chi connectivity index (χ1v) is 2.61. The molecule has 0 atom stereocenters. The van der Waals surface area contributed by atoms with E-state index < -0.39 is 16.4 Å². The van der Waals surface area contributed by atoms with Gasteiger partial charge in [-0.25, -0.2) is 0 Å². The van der Waals surface area contributed by atoms with Gasteiger partial charge in [-0.1, -0.05) is 12.1 Å². The number of benzene rings is 1. The van der Waals surface area contributed by atoms with Gasteiger partial charge in [0, 0.05) is 6.07 Å². The van der Waals surface area contributed by atoms with Crippen molar-refractivity contribution in [2.75, 3.05) is 0 Å². The third kappa shape index (κ3) is 2.16. The molecule has 0 amide bonds. The van der Waals surface area contributed by atoms with Gasteiger partial charge in [0.1, 0.15) is 0 Å². The first-order valence-electron chi connectivity index (χ1n) is 2.61. The highest BCUT2D eigenvalue weighted by Crippen LogP contribution is 2.14. The van der Waals surface area contributed by atoms with Crippen molar-refractivity contribution >= 4 is 18.1 Å². The Bertz CT molecular complexity index is 267. The zero-order valence-electron chi connectivity index (χ0n) is 5.36. The Labute approximate surface area is 68.4 Å². The predicted octanol–water partition coefficient (Wildman–Crippen LogP) is 2.16. The van der Waals surface area contributed by atoms with E-state index in [0.717, 1.165) is 12.1 Å². The third-order valence-corrected chi connectivity index (χ3v) is 1.05. The quantitative estimate of drug-likeness (QED) is 0.487. The van der Waals surface area contributed by atoms with Crippen LogP contribution in [0.3, 0.4) is 0 Å². The van der Waals surface area contributed by atoms with Crippen molar-refractivity contribution in [2.24, 2.45) is 0 Å². The molecule has 0 spiro atoms. The van der Waals surface area contributed by atoms with Crippen LogP contribution in [0.5, 0.6) is 0 Å². The summed E-state index contributed by atoms with van der Waals surface area (Å²) in [5.41, 5.74) is -0.484. The van der Waals surface area contributed by atoms with Crippen molar-refractivity contribution in [3.8, 4) is 0 Å². The van der Waals surface area contributed by atoms with E-state index >= 15 is 0 Å². The summed E-state index contributed by atoms with van der Waals surface area (Å²) in [7, 11) is 0. The van der Waals surface area contributed by atoms with Crippen molar-refractivity contribution in [3.05, 3.63) is 40.2 Å². The second kappa shape index (κ2) is 3.88.